The SMILES string of the molecule is CCC/C(C)=C(\C)c1ccccc1N.CO.CS.OCc1ccccc1. The molecule has 0 bridgehead atoms. The van der Waals surface area contributed by atoms with Gasteiger partial charge in [0.25, 0.3) is 0 Å². The number of hydrogen-bond acceptors (Lipinski definition) is 4. The number of hydrogen-bond donors (Lipinski definition) is 4. The Hall–Kier alpha value is -1.75. The molecule has 2 aromatic carbocycles. The molecule has 2 rings (SSSR count). The molecular formula is C22H35NO2S. The maximum Gasteiger partial charge on any atom is 0.0681 e. The molecule has 0 saturated heterocycles. The van der Waals surface area contributed by atoms with E-state index in [2.05, 4.69) is 39.5 Å². The zero-order valence-electron chi connectivity index (χ0n) is 16.7. The molecule has 4 N–H and O–H groups in total. The Morgan fingerprint density at radius 2 is 1.42 bits per heavy atom. The van der Waals surface area contributed by atoms with Gasteiger partial charge < -0.3 is 15.9 Å². The van der Waals surface area contributed by atoms with E-state index in [4.69, 9.17) is 15.9 Å². The number of thiol groups is 1. The minimum absolute atomic E-state index is 0.140. The van der Waals surface area contributed by atoms with Gasteiger partial charge in [0.2, 0.25) is 0 Å². The number of rotatable bonds is 4. The third-order valence-corrected chi connectivity index (χ3v) is 3.66. The van der Waals surface area contributed by atoms with E-state index in [-0.39, 0.29) is 6.61 Å². The molecule has 0 radical (unpaired) electrons. The van der Waals surface area contributed by atoms with E-state index in [1.807, 2.05) is 48.5 Å². The molecule has 146 valence electrons. The van der Waals surface area contributed by atoms with Crippen LogP contribution in [-0.4, -0.2) is 23.6 Å². The number of anilines is 1. The van der Waals surface area contributed by atoms with Crippen LogP contribution in [0.25, 0.3) is 5.57 Å². The number of benzene rings is 2. The molecule has 2 aromatic rings. The van der Waals surface area contributed by atoms with Crippen molar-refractivity contribution in [3.8, 4) is 0 Å². The van der Waals surface area contributed by atoms with E-state index < -0.39 is 0 Å². The Morgan fingerprint density at radius 1 is 0.923 bits per heavy atom. The highest BCUT2D eigenvalue weighted by molar-refractivity contribution is 7.79. The molecule has 0 saturated carbocycles. The van der Waals surface area contributed by atoms with Crippen molar-refractivity contribution < 1.29 is 10.2 Å². The Kier molecular flexibility index (Phi) is 18.4. The fraction of sp³-hybridized carbons (Fsp3) is 0.364. The number of nitrogen functional groups attached to an aromatic ring is 1. The number of aliphatic hydroxyl groups is 2. The van der Waals surface area contributed by atoms with E-state index in [0.29, 0.717) is 0 Å². The predicted molar refractivity (Wildman–Crippen MR) is 119 cm³/mol. The van der Waals surface area contributed by atoms with Gasteiger partial charge in [0.05, 0.1) is 6.61 Å². The van der Waals surface area contributed by atoms with Crippen molar-refractivity contribution in [1.82, 2.24) is 0 Å². The first kappa shape index (κ1) is 26.5. The van der Waals surface area contributed by atoms with E-state index in [1.165, 1.54) is 23.1 Å². The zero-order valence-corrected chi connectivity index (χ0v) is 17.6. The van der Waals surface area contributed by atoms with Crippen LogP contribution >= 0.6 is 12.6 Å². The number of aliphatic hydroxyl groups excluding tert-OH is 2. The second-order valence-corrected chi connectivity index (χ2v) is 5.39. The number of nitrogens with two attached hydrogens (primary N) is 1. The molecule has 26 heavy (non-hydrogen) atoms. The summed E-state index contributed by atoms with van der Waals surface area (Å²) in [6, 6.07) is 17.6. The minimum Gasteiger partial charge on any atom is -0.400 e. The Bertz CT molecular complexity index is 598. The summed E-state index contributed by atoms with van der Waals surface area (Å²) in [6.45, 7) is 6.67. The summed E-state index contributed by atoms with van der Waals surface area (Å²) in [7, 11) is 1.00. The summed E-state index contributed by atoms with van der Waals surface area (Å²) in [5.74, 6) is 0. The lowest BCUT2D eigenvalue weighted by molar-refractivity contribution is 0.282. The standard InChI is InChI=1S/C13H19N.C7H8O.CH4O.CH4S/c1-4-7-10(2)11(3)12-8-5-6-9-13(12)14;8-6-7-4-2-1-3-5-7;2*1-2/h5-6,8-9H,4,7,14H2,1-3H3;1-5,8H,6H2;2*2H,1H3/b11-10+;;;. The third kappa shape index (κ3) is 11.0. The molecule has 3 nitrogen and oxygen atoms in total. The van der Waals surface area contributed by atoms with Crippen LogP contribution in [0.5, 0.6) is 0 Å². The minimum atomic E-state index is 0.140. The van der Waals surface area contributed by atoms with Gasteiger partial charge in [-0.15, -0.1) is 0 Å². The Balaban J connectivity index is 0. The van der Waals surface area contributed by atoms with Crippen LogP contribution in [0.3, 0.4) is 0 Å². The van der Waals surface area contributed by atoms with Crippen LogP contribution in [0.4, 0.5) is 5.69 Å². The highest BCUT2D eigenvalue weighted by atomic mass is 32.1. The molecule has 0 aliphatic heterocycles. The van der Waals surface area contributed by atoms with Crippen molar-refractivity contribution in [2.75, 3.05) is 19.1 Å². The number of para-hydroxylation sites is 1. The first-order valence-corrected chi connectivity index (χ1v) is 9.55. The van der Waals surface area contributed by atoms with E-state index >= 15 is 0 Å². The van der Waals surface area contributed by atoms with Crippen LogP contribution in [0.2, 0.25) is 0 Å². The summed E-state index contributed by atoms with van der Waals surface area (Å²) in [5, 5.41) is 15.5. The van der Waals surface area contributed by atoms with Crippen molar-refractivity contribution >= 4 is 23.9 Å². The van der Waals surface area contributed by atoms with Gasteiger partial charge in [0, 0.05) is 18.4 Å². The molecule has 0 spiro atoms. The average Bonchev–Trinajstić information content (AvgIpc) is 2.72. The molecule has 0 aromatic heterocycles. The highest BCUT2D eigenvalue weighted by Crippen LogP contribution is 2.25. The quantitative estimate of drug-likeness (QED) is 0.437. The lowest BCUT2D eigenvalue weighted by Crippen LogP contribution is -1.93. The first-order chi connectivity index (χ1) is 12.6. The second-order valence-electron chi connectivity index (χ2n) is 5.39. The van der Waals surface area contributed by atoms with Crippen LogP contribution < -0.4 is 5.73 Å². The molecule has 0 heterocycles. The summed E-state index contributed by atoms with van der Waals surface area (Å²) in [5.41, 5.74) is 11.7. The molecule has 0 aliphatic rings. The van der Waals surface area contributed by atoms with Gasteiger partial charge in [0.1, 0.15) is 0 Å². The van der Waals surface area contributed by atoms with Crippen molar-refractivity contribution in [3.63, 3.8) is 0 Å². The molecule has 0 fully saturated rings. The predicted octanol–water partition coefficient (Wildman–Crippen LogP) is 5.20. The van der Waals surface area contributed by atoms with Crippen molar-refractivity contribution in [3.05, 3.63) is 71.3 Å². The van der Waals surface area contributed by atoms with Gasteiger partial charge in [-0.3, -0.25) is 0 Å². The highest BCUT2D eigenvalue weighted by Gasteiger charge is 2.02. The van der Waals surface area contributed by atoms with E-state index in [9.17, 15) is 0 Å². The molecular weight excluding hydrogens is 342 g/mol. The van der Waals surface area contributed by atoms with Crippen molar-refractivity contribution in [2.24, 2.45) is 0 Å². The summed E-state index contributed by atoms with van der Waals surface area (Å²) in [6.07, 6.45) is 4.04. The normalized spacial score (nSPS) is 10.0. The fourth-order valence-corrected chi connectivity index (χ4v) is 2.21. The number of allylic oxidation sites excluding steroid dienone is 2. The van der Waals surface area contributed by atoms with Crippen LogP contribution in [-0.2, 0) is 6.61 Å². The monoisotopic (exact) mass is 377 g/mol. The molecule has 0 amide bonds. The van der Waals surface area contributed by atoms with Gasteiger partial charge >= 0.3 is 0 Å². The second kappa shape index (κ2) is 18.1. The largest absolute Gasteiger partial charge is 0.400 e. The molecule has 4 heteroatoms. The van der Waals surface area contributed by atoms with Crippen LogP contribution in [0, 0.1) is 0 Å². The fourth-order valence-electron chi connectivity index (χ4n) is 2.21. The summed E-state index contributed by atoms with van der Waals surface area (Å²) >= 11 is 3.53. The van der Waals surface area contributed by atoms with Gasteiger partial charge in [0.15, 0.2) is 0 Å². The van der Waals surface area contributed by atoms with Crippen molar-refractivity contribution in [1.29, 1.82) is 0 Å². The van der Waals surface area contributed by atoms with E-state index in [1.54, 1.807) is 6.26 Å². The third-order valence-electron chi connectivity index (χ3n) is 3.66. The van der Waals surface area contributed by atoms with E-state index in [0.717, 1.165) is 24.8 Å². The summed E-state index contributed by atoms with van der Waals surface area (Å²) < 4.78 is 0. The Labute approximate surface area is 165 Å². The average molecular weight is 378 g/mol. The maximum atomic E-state index is 8.54. The maximum absolute atomic E-state index is 8.54. The van der Waals surface area contributed by atoms with Crippen LogP contribution in [0.1, 0.15) is 44.7 Å². The molecule has 0 aliphatic carbocycles. The lowest BCUT2D eigenvalue weighted by atomic mass is 9.98. The zero-order chi connectivity index (χ0) is 20.4. The van der Waals surface area contributed by atoms with Gasteiger partial charge in [-0.1, -0.05) is 67.4 Å². The first-order valence-electron chi connectivity index (χ1n) is 8.65. The molecule has 0 unspecified atom stereocenters. The topological polar surface area (TPSA) is 66.5 Å². The van der Waals surface area contributed by atoms with Crippen LogP contribution in [0.15, 0.2) is 60.2 Å². The smallest absolute Gasteiger partial charge is 0.0681 e. The summed E-state index contributed by atoms with van der Waals surface area (Å²) in [4.78, 5) is 0. The van der Waals surface area contributed by atoms with Gasteiger partial charge in [-0.2, -0.15) is 12.6 Å². The van der Waals surface area contributed by atoms with Gasteiger partial charge in [-0.05, 0) is 43.7 Å². The molecule has 0 atom stereocenters. The van der Waals surface area contributed by atoms with Crippen molar-refractivity contribution in [2.45, 2.75) is 40.2 Å². The van der Waals surface area contributed by atoms with Gasteiger partial charge in [-0.25, -0.2) is 0 Å². The lowest BCUT2D eigenvalue weighted by Gasteiger charge is -2.09. The Morgan fingerprint density at radius 3 is 1.85 bits per heavy atom.